The summed E-state index contributed by atoms with van der Waals surface area (Å²) in [5, 5.41) is 3.08. The molecule has 11 nitrogen and oxygen atoms in total. The predicted octanol–water partition coefficient (Wildman–Crippen LogP) is 4.93. The zero-order chi connectivity index (χ0) is 39.4. The first-order valence-corrected chi connectivity index (χ1v) is 19.3. The summed E-state index contributed by atoms with van der Waals surface area (Å²) in [4.78, 5) is 61.0. The van der Waals surface area contributed by atoms with Gasteiger partial charge in [-0.3, -0.25) is 24.1 Å². The molecule has 1 heterocycles. The summed E-state index contributed by atoms with van der Waals surface area (Å²) in [6.07, 6.45) is 1.40. The zero-order valence-corrected chi connectivity index (χ0v) is 34.4. The SMILES string of the molecule is CCC(C)[C@@H]([C@@H](CC(=O)N1CCC[C@H]1[C@H](OC)[C@@H](C)C(=O)N[C@H](C)C(N)c1ccccc1)OC)N(C)C(=O)[C@@H](CC(=O)[C@H](C(C)C)N(C)C)C(C)C. The normalized spacial score (nSPS) is 20.2. The Labute approximate surface area is 314 Å². The molecule has 10 atom stereocenters. The van der Waals surface area contributed by atoms with Crippen molar-refractivity contribution in [2.75, 3.05) is 41.9 Å². The van der Waals surface area contributed by atoms with E-state index in [1.165, 1.54) is 0 Å². The van der Waals surface area contributed by atoms with Crippen molar-refractivity contribution < 1.29 is 28.7 Å². The third-order valence-electron chi connectivity index (χ3n) is 11.4. The molecule has 3 N–H and O–H groups in total. The van der Waals surface area contributed by atoms with E-state index in [4.69, 9.17) is 15.2 Å². The topological polar surface area (TPSA) is 135 Å². The van der Waals surface area contributed by atoms with Crippen LogP contribution in [0.2, 0.25) is 0 Å². The standard InChI is InChI=1S/C41H71N5O6/c1-14-27(6)38(45(11)41(50)31(25(2)3)23-33(47)37(26(4)5)44(9)10)34(51-12)24-35(48)46-22-18-21-32(46)39(52-13)28(7)40(49)43-29(8)36(42)30-19-16-15-17-20-30/h15-17,19-20,25-29,31-32,34,36-39H,14,18,21-24,42H2,1-13H3,(H,43,49)/t27?,28-,29-,31+,32+,34-,36?,37+,38+,39-/m1/s1. The second kappa shape index (κ2) is 21.1. The van der Waals surface area contributed by atoms with Crippen LogP contribution < -0.4 is 11.1 Å². The van der Waals surface area contributed by atoms with Gasteiger partial charge in [0.25, 0.3) is 0 Å². The largest absolute Gasteiger partial charge is 0.379 e. The van der Waals surface area contributed by atoms with Crippen LogP contribution >= 0.6 is 0 Å². The summed E-state index contributed by atoms with van der Waals surface area (Å²) in [6, 6.07) is 8.03. The highest BCUT2D eigenvalue weighted by atomic mass is 16.5. The van der Waals surface area contributed by atoms with Gasteiger partial charge in [-0.15, -0.1) is 0 Å². The average Bonchev–Trinajstić information content (AvgIpc) is 3.59. The number of nitrogens with two attached hydrogens (primary N) is 1. The van der Waals surface area contributed by atoms with Gasteiger partial charge in [-0.25, -0.2) is 0 Å². The summed E-state index contributed by atoms with van der Waals surface area (Å²) >= 11 is 0. The van der Waals surface area contributed by atoms with Crippen LogP contribution in [0, 0.1) is 29.6 Å². The number of benzene rings is 1. The number of hydrogen-bond donors (Lipinski definition) is 2. The molecule has 1 aliphatic rings. The number of nitrogens with one attached hydrogen (secondary N) is 1. The molecule has 2 unspecified atom stereocenters. The van der Waals surface area contributed by atoms with Gasteiger partial charge >= 0.3 is 0 Å². The maximum atomic E-state index is 14.3. The molecule has 0 aliphatic carbocycles. The van der Waals surface area contributed by atoms with Crippen molar-refractivity contribution in [2.45, 2.75) is 130 Å². The number of ketones is 1. The van der Waals surface area contributed by atoms with Crippen LogP contribution in [-0.4, -0.2) is 116 Å². The average molecular weight is 730 g/mol. The Kier molecular flexibility index (Phi) is 18.4. The quantitative estimate of drug-likeness (QED) is 0.182. The van der Waals surface area contributed by atoms with Crippen molar-refractivity contribution in [1.82, 2.24) is 20.0 Å². The highest BCUT2D eigenvalue weighted by Gasteiger charge is 2.43. The van der Waals surface area contributed by atoms with E-state index in [-0.39, 0.29) is 78.3 Å². The number of nitrogens with zero attached hydrogens (tertiary/aromatic N) is 3. The predicted molar refractivity (Wildman–Crippen MR) is 207 cm³/mol. The molecular formula is C41H71N5O6. The van der Waals surface area contributed by atoms with E-state index in [2.05, 4.69) is 19.2 Å². The number of methoxy groups -OCH3 is 2. The van der Waals surface area contributed by atoms with E-state index in [1.807, 2.05) is 95.8 Å². The van der Waals surface area contributed by atoms with Crippen molar-refractivity contribution in [1.29, 1.82) is 0 Å². The Balaban J connectivity index is 2.25. The monoisotopic (exact) mass is 730 g/mol. The van der Waals surface area contributed by atoms with Crippen LogP contribution in [0.25, 0.3) is 0 Å². The number of likely N-dealkylation sites (tertiary alicyclic amines) is 1. The van der Waals surface area contributed by atoms with Gasteiger partial charge in [-0.2, -0.15) is 0 Å². The Bertz CT molecular complexity index is 1270. The van der Waals surface area contributed by atoms with Crippen molar-refractivity contribution in [3.05, 3.63) is 35.9 Å². The highest BCUT2D eigenvalue weighted by molar-refractivity contribution is 5.90. The van der Waals surface area contributed by atoms with E-state index in [0.717, 1.165) is 18.4 Å². The van der Waals surface area contributed by atoms with Crippen molar-refractivity contribution >= 4 is 23.5 Å². The van der Waals surface area contributed by atoms with E-state index < -0.39 is 30.1 Å². The molecule has 0 spiro atoms. The molecule has 1 aromatic carbocycles. The van der Waals surface area contributed by atoms with E-state index in [9.17, 15) is 19.2 Å². The summed E-state index contributed by atoms with van der Waals surface area (Å²) < 4.78 is 12.0. The summed E-state index contributed by atoms with van der Waals surface area (Å²) in [7, 11) is 8.76. The van der Waals surface area contributed by atoms with Gasteiger partial charge in [0.05, 0.1) is 42.7 Å². The third kappa shape index (κ3) is 11.6. The molecule has 0 radical (unpaired) electrons. The van der Waals surface area contributed by atoms with Crippen LogP contribution in [0.15, 0.2) is 30.3 Å². The smallest absolute Gasteiger partial charge is 0.226 e. The number of likely N-dealkylation sites (N-methyl/N-ethyl adjacent to an activating group) is 2. The molecule has 0 aromatic heterocycles. The molecule has 1 aliphatic heterocycles. The molecule has 1 saturated heterocycles. The Hall–Kier alpha value is -2.86. The molecule has 296 valence electrons. The van der Waals surface area contributed by atoms with Gasteiger partial charge in [0.2, 0.25) is 17.7 Å². The van der Waals surface area contributed by atoms with Crippen molar-refractivity contribution in [3.63, 3.8) is 0 Å². The molecule has 1 aromatic rings. The first-order valence-electron chi connectivity index (χ1n) is 19.3. The lowest BCUT2D eigenvalue weighted by molar-refractivity contribution is -0.149. The number of carbonyl (C=O) groups is 4. The minimum absolute atomic E-state index is 0.0227. The molecule has 1 fully saturated rings. The molecular weight excluding hydrogens is 658 g/mol. The minimum Gasteiger partial charge on any atom is -0.379 e. The lowest BCUT2D eigenvalue weighted by Gasteiger charge is -2.41. The first kappa shape index (κ1) is 45.3. The van der Waals surface area contributed by atoms with Gasteiger partial charge in [0, 0.05) is 52.2 Å². The molecule has 52 heavy (non-hydrogen) atoms. The number of amides is 3. The Morgan fingerprint density at radius 1 is 0.923 bits per heavy atom. The van der Waals surface area contributed by atoms with Crippen molar-refractivity contribution in [2.24, 2.45) is 35.3 Å². The van der Waals surface area contributed by atoms with Crippen LogP contribution in [-0.2, 0) is 28.7 Å². The van der Waals surface area contributed by atoms with Crippen LogP contribution in [0.5, 0.6) is 0 Å². The lowest BCUT2D eigenvalue weighted by atomic mass is 9.83. The second-order valence-electron chi connectivity index (χ2n) is 16.0. The zero-order valence-electron chi connectivity index (χ0n) is 34.4. The minimum atomic E-state index is -0.576. The summed E-state index contributed by atoms with van der Waals surface area (Å²) in [5.74, 6) is -1.28. The number of Topliss-reactive ketones (excluding diaryl/α,β-unsaturated/α-hetero) is 1. The maximum Gasteiger partial charge on any atom is 0.226 e. The maximum absolute atomic E-state index is 14.3. The van der Waals surface area contributed by atoms with Gasteiger partial charge in [0.1, 0.15) is 0 Å². The molecule has 11 heteroatoms. The molecule has 0 bridgehead atoms. The number of rotatable bonds is 21. The number of ether oxygens (including phenoxy) is 2. The summed E-state index contributed by atoms with van der Waals surface area (Å²) in [6.45, 7) is 16.4. The third-order valence-corrected chi connectivity index (χ3v) is 11.4. The number of carbonyl (C=O) groups excluding carboxylic acids is 4. The lowest BCUT2D eigenvalue weighted by Crippen LogP contribution is -2.55. The van der Waals surface area contributed by atoms with E-state index in [1.54, 1.807) is 26.2 Å². The summed E-state index contributed by atoms with van der Waals surface area (Å²) in [5.41, 5.74) is 7.41. The fraction of sp³-hybridized carbons (Fsp3) is 0.756. The van der Waals surface area contributed by atoms with Gasteiger partial charge in [-0.1, -0.05) is 85.2 Å². The molecule has 0 saturated carbocycles. The Morgan fingerprint density at radius 3 is 2.04 bits per heavy atom. The Morgan fingerprint density at radius 2 is 1.54 bits per heavy atom. The van der Waals surface area contributed by atoms with E-state index in [0.29, 0.717) is 13.0 Å². The fourth-order valence-corrected chi connectivity index (χ4v) is 8.18. The fourth-order valence-electron chi connectivity index (χ4n) is 8.18. The number of hydrogen-bond acceptors (Lipinski definition) is 8. The first-order chi connectivity index (χ1) is 24.4. The van der Waals surface area contributed by atoms with Gasteiger partial charge in [-0.05, 0) is 57.2 Å². The molecule has 2 rings (SSSR count). The van der Waals surface area contributed by atoms with Crippen LogP contribution in [0.1, 0.15) is 99.1 Å². The van der Waals surface area contributed by atoms with Crippen molar-refractivity contribution in [3.8, 4) is 0 Å². The van der Waals surface area contributed by atoms with Gasteiger partial charge < -0.3 is 30.3 Å². The van der Waals surface area contributed by atoms with Gasteiger partial charge in [0.15, 0.2) is 5.78 Å². The van der Waals surface area contributed by atoms with Crippen LogP contribution in [0.4, 0.5) is 0 Å². The highest BCUT2D eigenvalue weighted by Crippen LogP contribution is 2.31. The molecule has 3 amide bonds. The van der Waals surface area contributed by atoms with E-state index >= 15 is 0 Å². The van der Waals surface area contributed by atoms with Crippen LogP contribution in [0.3, 0.4) is 0 Å². The second-order valence-corrected chi connectivity index (χ2v) is 16.0.